The number of carbonyl (C=O) groups excluding carboxylic acids is 2. The molecule has 1 aliphatic rings. The molecular weight excluding hydrogens is 344 g/mol. The van der Waals surface area contributed by atoms with E-state index in [0.29, 0.717) is 20.8 Å². The summed E-state index contributed by atoms with van der Waals surface area (Å²) < 4.78 is 5.61. The van der Waals surface area contributed by atoms with E-state index in [1.54, 1.807) is 25.1 Å². The molecule has 22 heavy (non-hydrogen) atoms. The van der Waals surface area contributed by atoms with E-state index in [0.717, 1.165) is 0 Å². The van der Waals surface area contributed by atoms with E-state index in [9.17, 15) is 9.59 Å². The molecule has 1 aromatic carbocycles. The highest BCUT2D eigenvalue weighted by molar-refractivity contribution is 8.24. The van der Waals surface area contributed by atoms with Crippen LogP contribution < -0.4 is 10.1 Å². The van der Waals surface area contributed by atoms with Crippen LogP contribution in [0.1, 0.15) is 13.3 Å². The fraction of sp³-hybridized carbons (Fsp3) is 0.357. The van der Waals surface area contributed by atoms with Crippen LogP contribution in [0.25, 0.3) is 0 Å². The highest BCUT2D eigenvalue weighted by atomic mass is 35.5. The van der Waals surface area contributed by atoms with Gasteiger partial charge in [0.25, 0.3) is 0 Å². The van der Waals surface area contributed by atoms with Crippen LogP contribution >= 0.6 is 35.6 Å². The maximum Gasteiger partial charge on any atom is 0.241 e. The van der Waals surface area contributed by atoms with Gasteiger partial charge in [-0.2, -0.15) is 0 Å². The molecule has 8 heteroatoms. The molecule has 0 radical (unpaired) electrons. The van der Waals surface area contributed by atoms with Crippen molar-refractivity contribution in [1.82, 2.24) is 4.90 Å². The van der Waals surface area contributed by atoms with E-state index >= 15 is 0 Å². The molecule has 1 atom stereocenters. The fourth-order valence-electron chi connectivity index (χ4n) is 1.93. The van der Waals surface area contributed by atoms with Crippen LogP contribution in [0.15, 0.2) is 18.2 Å². The SMILES string of the molecule is COc1ccc(Cl)c(NC(=O)CCN2C(=O)C(C)SC2=S)c1. The van der Waals surface area contributed by atoms with Gasteiger partial charge in [0.05, 0.1) is 23.1 Å². The number of ether oxygens (including phenoxy) is 1. The molecule has 2 amide bonds. The van der Waals surface area contributed by atoms with Crippen LogP contribution in [0.3, 0.4) is 0 Å². The number of nitrogens with zero attached hydrogens (tertiary/aromatic N) is 1. The molecule has 1 fully saturated rings. The van der Waals surface area contributed by atoms with Gasteiger partial charge in [0, 0.05) is 19.0 Å². The van der Waals surface area contributed by atoms with E-state index < -0.39 is 0 Å². The Bertz CT molecular complexity index is 624. The van der Waals surface area contributed by atoms with Crippen molar-refractivity contribution in [3.8, 4) is 5.75 Å². The van der Waals surface area contributed by atoms with Crippen LogP contribution in [0.5, 0.6) is 5.75 Å². The Morgan fingerprint density at radius 2 is 2.27 bits per heavy atom. The third kappa shape index (κ3) is 3.91. The number of halogens is 1. The molecule has 118 valence electrons. The summed E-state index contributed by atoms with van der Waals surface area (Å²) in [5, 5.41) is 2.96. The minimum atomic E-state index is -0.240. The Labute approximate surface area is 143 Å². The summed E-state index contributed by atoms with van der Waals surface area (Å²) in [6.07, 6.45) is 0.146. The first-order chi connectivity index (χ1) is 10.4. The highest BCUT2D eigenvalue weighted by Crippen LogP contribution is 2.28. The molecule has 0 spiro atoms. The number of thiocarbonyl (C=S) groups is 1. The van der Waals surface area contributed by atoms with Gasteiger partial charge < -0.3 is 10.1 Å². The third-order valence-electron chi connectivity index (χ3n) is 3.12. The molecule has 5 nitrogen and oxygen atoms in total. The lowest BCUT2D eigenvalue weighted by molar-refractivity contribution is -0.126. The molecule has 1 unspecified atom stereocenters. The molecular formula is C14H15ClN2O3S2. The lowest BCUT2D eigenvalue weighted by atomic mass is 10.2. The molecule has 2 rings (SSSR count). The monoisotopic (exact) mass is 358 g/mol. The molecule has 0 bridgehead atoms. The van der Waals surface area contributed by atoms with Gasteiger partial charge >= 0.3 is 0 Å². The lowest BCUT2D eigenvalue weighted by Gasteiger charge is -2.15. The molecule has 1 aliphatic heterocycles. The smallest absolute Gasteiger partial charge is 0.241 e. The number of hydrogen-bond donors (Lipinski definition) is 1. The largest absolute Gasteiger partial charge is 0.497 e. The third-order valence-corrected chi connectivity index (χ3v) is 4.94. The van der Waals surface area contributed by atoms with E-state index in [1.165, 1.54) is 23.8 Å². The van der Waals surface area contributed by atoms with Gasteiger partial charge in [-0.1, -0.05) is 35.6 Å². The summed E-state index contributed by atoms with van der Waals surface area (Å²) in [5.74, 6) is 0.304. The first kappa shape index (κ1) is 17.1. The van der Waals surface area contributed by atoms with Crippen LogP contribution in [-0.4, -0.2) is 39.9 Å². The van der Waals surface area contributed by atoms with Gasteiger partial charge in [-0.05, 0) is 19.1 Å². The Morgan fingerprint density at radius 1 is 1.55 bits per heavy atom. The van der Waals surface area contributed by atoms with Crippen molar-refractivity contribution >= 4 is 57.4 Å². The minimum Gasteiger partial charge on any atom is -0.497 e. The Morgan fingerprint density at radius 3 is 2.86 bits per heavy atom. The van der Waals surface area contributed by atoms with Crippen molar-refractivity contribution in [3.63, 3.8) is 0 Å². The maximum atomic E-state index is 12.0. The number of benzene rings is 1. The zero-order valence-corrected chi connectivity index (χ0v) is 14.5. The number of thioether (sulfide) groups is 1. The lowest BCUT2D eigenvalue weighted by Crippen LogP contribution is -2.33. The van der Waals surface area contributed by atoms with Gasteiger partial charge in [-0.15, -0.1) is 0 Å². The maximum absolute atomic E-state index is 12.0. The average molecular weight is 359 g/mol. The summed E-state index contributed by atoms with van der Waals surface area (Å²) in [6, 6.07) is 5.00. The van der Waals surface area contributed by atoms with Crippen LogP contribution in [0.2, 0.25) is 5.02 Å². The van der Waals surface area contributed by atoms with E-state index in [2.05, 4.69) is 5.32 Å². The minimum absolute atomic E-state index is 0.0535. The zero-order chi connectivity index (χ0) is 16.3. The van der Waals surface area contributed by atoms with E-state index in [-0.39, 0.29) is 30.0 Å². The Hall–Kier alpha value is -1.31. The normalized spacial score (nSPS) is 17.8. The number of carbonyl (C=O) groups is 2. The number of nitrogens with one attached hydrogen (secondary N) is 1. The van der Waals surface area contributed by atoms with Crippen molar-refractivity contribution in [2.75, 3.05) is 19.0 Å². The van der Waals surface area contributed by atoms with Crippen molar-refractivity contribution in [2.45, 2.75) is 18.6 Å². The fourth-order valence-corrected chi connectivity index (χ4v) is 3.55. The molecule has 0 aromatic heterocycles. The molecule has 0 aliphatic carbocycles. The Balaban J connectivity index is 1.94. The second-order valence-corrected chi connectivity index (χ2v) is 7.04. The van der Waals surface area contributed by atoms with Crippen LogP contribution in [0.4, 0.5) is 5.69 Å². The molecule has 1 saturated heterocycles. The number of rotatable bonds is 5. The number of methoxy groups -OCH3 is 1. The van der Waals surface area contributed by atoms with Crippen LogP contribution in [-0.2, 0) is 9.59 Å². The second kappa shape index (κ2) is 7.30. The molecule has 1 heterocycles. The Kier molecular flexibility index (Phi) is 5.66. The summed E-state index contributed by atoms with van der Waals surface area (Å²) in [7, 11) is 1.54. The summed E-state index contributed by atoms with van der Waals surface area (Å²) in [5.41, 5.74) is 0.476. The van der Waals surface area contributed by atoms with E-state index in [4.69, 9.17) is 28.6 Å². The zero-order valence-electron chi connectivity index (χ0n) is 12.1. The molecule has 1 N–H and O–H groups in total. The first-order valence-corrected chi connectivity index (χ1v) is 8.24. The summed E-state index contributed by atoms with van der Waals surface area (Å²) >= 11 is 12.5. The number of anilines is 1. The standard InChI is InChI=1S/C14H15ClN2O3S2/c1-8-13(19)17(14(21)22-8)6-5-12(18)16-11-7-9(20-2)3-4-10(11)15/h3-4,7-8H,5-6H2,1-2H3,(H,16,18). The van der Waals surface area contributed by atoms with E-state index in [1.807, 2.05) is 0 Å². The van der Waals surface area contributed by atoms with Crippen molar-refractivity contribution in [2.24, 2.45) is 0 Å². The van der Waals surface area contributed by atoms with Gasteiger partial charge in [0.1, 0.15) is 10.1 Å². The number of hydrogen-bond acceptors (Lipinski definition) is 5. The quantitative estimate of drug-likeness (QED) is 0.820. The van der Waals surface area contributed by atoms with Crippen molar-refractivity contribution in [1.29, 1.82) is 0 Å². The van der Waals surface area contributed by atoms with Crippen molar-refractivity contribution in [3.05, 3.63) is 23.2 Å². The summed E-state index contributed by atoms with van der Waals surface area (Å²) in [4.78, 5) is 25.4. The second-order valence-electron chi connectivity index (χ2n) is 4.66. The van der Waals surface area contributed by atoms with Crippen molar-refractivity contribution < 1.29 is 14.3 Å². The predicted molar refractivity (Wildman–Crippen MR) is 92.6 cm³/mol. The first-order valence-electron chi connectivity index (χ1n) is 6.57. The summed E-state index contributed by atoms with van der Waals surface area (Å²) in [6.45, 7) is 2.07. The highest BCUT2D eigenvalue weighted by Gasteiger charge is 2.33. The van der Waals surface area contributed by atoms with Gasteiger partial charge in [-0.25, -0.2) is 0 Å². The van der Waals surface area contributed by atoms with Gasteiger partial charge in [0.2, 0.25) is 11.8 Å². The van der Waals surface area contributed by atoms with Gasteiger partial charge in [-0.3, -0.25) is 14.5 Å². The topological polar surface area (TPSA) is 58.6 Å². The number of amides is 2. The average Bonchev–Trinajstić information content (AvgIpc) is 2.72. The van der Waals surface area contributed by atoms with Crippen LogP contribution in [0, 0.1) is 0 Å². The molecule has 1 aromatic rings. The molecule has 0 saturated carbocycles. The predicted octanol–water partition coefficient (Wildman–Crippen LogP) is 2.93. The van der Waals surface area contributed by atoms with Gasteiger partial charge in [0.15, 0.2) is 0 Å².